The molecular formula is C18H19N3O3. The van der Waals surface area contributed by atoms with E-state index in [9.17, 15) is 14.4 Å². The van der Waals surface area contributed by atoms with Gasteiger partial charge in [-0.05, 0) is 36.6 Å². The Morgan fingerprint density at radius 3 is 2.21 bits per heavy atom. The van der Waals surface area contributed by atoms with Crippen LogP contribution in [-0.4, -0.2) is 11.9 Å². The lowest BCUT2D eigenvalue weighted by molar-refractivity contribution is 0.102. The Kier molecular flexibility index (Phi) is 4.56. The Balaban J connectivity index is 2.21. The molecule has 6 nitrogen and oxygen atoms in total. The molecule has 0 saturated carbocycles. The number of amides is 1. The summed E-state index contributed by atoms with van der Waals surface area (Å²) in [6.45, 7) is 7.87. The molecule has 1 amide bonds. The van der Waals surface area contributed by atoms with Crippen molar-refractivity contribution < 1.29 is 4.79 Å². The van der Waals surface area contributed by atoms with Crippen LogP contribution in [0.1, 0.15) is 43.6 Å². The molecule has 1 atom stereocenters. The van der Waals surface area contributed by atoms with E-state index in [4.69, 9.17) is 5.26 Å². The fourth-order valence-corrected chi connectivity index (χ4v) is 2.00. The molecule has 1 unspecified atom stereocenters. The Morgan fingerprint density at radius 2 is 1.71 bits per heavy atom. The zero-order chi connectivity index (χ0) is 18.1. The van der Waals surface area contributed by atoms with E-state index < -0.39 is 16.8 Å². The minimum atomic E-state index is -0.787. The van der Waals surface area contributed by atoms with Crippen molar-refractivity contribution in [2.24, 2.45) is 5.41 Å². The molecule has 2 aromatic carbocycles. The number of carbonyl (C=O) groups is 1. The number of nitriles is 1. The van der Waals surface area contributed by atoms with Gasteiger partial charge in [-0.15, -0.1) is 0 Å². The number of nitrogens with one attached hydrogen (secondary N) is 2. The fourth-order valence-electron chi connectivity index (χ4n) is 2.00. The van der Waals surface area contributed by atoms with Crippen molar-refractivity contribution in [1.82, 2.24) is 0 Å². The number of carbonyl (C=O) groups excluding carboxylic acids is 1. The first kappa shape index (κ1) is 17.4. The van der Waals surface area contributed by atoms with Gasteiger partial charge in [-0.25, -0.2) is 0 Å². The summed E-state index contributed by atoms with van der Waals surface area (Å²) < 4.78 is 0. The van der Waals surface area contributed by atoms with Crippen LogP contribution in [0.15, 0.2) is 33.9 Å². The summed E-state index contributed by atoms with van der Waals surface area (Å²) in [7, 11) is 0. The second-order valence-corrected chi connectivity index (χ2v) is 6.78. The van der Waals surface area contributed by atoms with Crippen molar-refractivity contribution in [3.63, 3.8) is 0 Å². The summed E-state index contributed by atoms with van der Waals surface area (Å²) in [5, 5.41) is 14.3. The first-order chi connectivity index (χ1) is 11.1. The topological polar surface area (TPSA) is 99.1 Å². The number of nitrogens with zero attached hydrogens (tertiary/aromatic N) is 1. The van der Waals surface area contributed by atoms with Crippen LogP contribution in [0.3, 0.4) is 0 Å². The summed E-state index contributed by atoms with van der Waals surface area (Å²) in [5.74, 6) is -0.632. The molecule has 0 aliphatic carbocycles. The van der Waals surface area contributed by atoms with E-state index in [1.807, 2.05) is 33.8 Å². The van der Waals surface area contributed by atoms with Crippen LogP contribution >= 0.6 is 0 Å². The van der Waals surface area contributed by atoms with Crippen molar-refractivity contribution in [2.75, 3.05) is 10.6 Å². The third-order valence-corrected chi connectivity index (χ3v) is 4.07. The molecule has 0 radical (unpaired) electrons. The first-order valence-electron chi connectivity index (χ1n) is 7.56. The van der Waals surface area contributed by atoms with Crippen molar-refractivity contribution >= 4 is 17.3 Å². The van der Waals surface area contributed by atoms with E-state index in [1.54, 1.807) is 24.3 Å². The molecule has 6 heteroatoms. The van der Waals surface area contributed by atoms with Crippen molar-refractivity contribution in [1.29, 1.82) is 5.26 Å². The molecule has 0 bridgehead atoms. The van der Waals surface area contributed by atoms with Crippen LogP contribution in [0, 0.1) is 16.7 Å². The first-order valence-corrected chi connectivity index (χ1v) is 7.56. The predicted molar refractivity (Wildman–Crippen MR) is 93.0 cm³/mol. The molecule has 0 fully saturated rings. The van der Waals surface area contributed by atoms with Gasteiger partial charge in [0.2, 0.25) is 5.43 Å². The number of hydrogen-bond acceptors (Lipinski definition) is 5. The average Bonchev–Trinajstić information content (AvgIpc) is 2.53. The summed E-state index contributed by atoms with van der Waals surface area (Å²) in [4.78, 5) is 35.9. The SMILES string of the molecule is CC(Nc1c(C(=O)Nc2ccc(C#N)cc2)c(=O)c1=O)C(C)(C)C. The van der Waals surface area contributed by atoms with Gasteiger partial charge in [-0.3, -0.25) is 14.4 Å². The van der Waals surface area contributed by atoms with Gasteiger partial charge in [0.1, 0.15) is 11.3 Å². The van der Waals surface area contributed by atoms with E-state index in [0.717, 1.165) is 0 Å². The van der Waals surface area contributed by atoms with E-state index in [2.05, 4.69) is 10.6 Å². The van der Waals surface area contributed by atoms with Crippen molar-refractivity contribution in [3.05, 3.63) is 55.8 Å². The van der Waals surface area contributed by atoms with E-state index in [1.165, 1.54) is 0 Å². The van der Waals surface area contributed by atoms with Crippen LogP contribution in [0.2, 0.25) is 0 Å². The van der Waals surface area contributed by atoms with E-state index in [-0.39, 0.29) is 22.7 Å². The van der Waals surface area contributed by atoms with Gasteiger partial charge in [-0.2, -0.15) is 5.26 Å². The highest BCUT2D eigenvalue weighted by molar-refractivity contribution is 6.09. The Labute approximate surface area is 139 Å². The third-order valence-electron chi connectivity index (χ3n) is 4.07. The molecule has 2 aromatic rings. The number of hydrogen-bond donors (Lipinski definition) is 2. The van der Waals surface area contributed by atoms with E-state index >= 15 is 0 Å². The summed E-state index contributed by atoms with van der Waals surface area (Å²) >= 11 is 0. The van der Waals surface area contributed by atoms with Crippen LogP contribution < -0.4 is 21.5 Å². The summed E-state index contributed by atoms with van der Waals surface area (Å²) in [6.07, 6.45) is 0. The van der Waals surface area contributed by atoms with Gasteiger partial charge in [0.05, 0.1) is 11.6 Å². The molecule has 2 rings (SSSR count). The van der Waals surface area contributed by atoms with Crippen LogP contribution in [0.5, 0.6) is 0 Å². The van der Waals surface area contributed by atoms with Crippen LogP contribution in [0.4, 0.5) is 11.4 Å². The maximum Gasteiger partial charge on any atom is 0.262 e. The Bertz CT molecular complexity index is 876. The maximum absolute atomic E-state index is 12.3. The third kappa shape index (κ3) is 3.35. The molecule has 24 heavy (non-hydrogen) atoms. The standard InChI is InChI=1S/C18H19N3O3/c1-10(18(2,3)4)20-14-13(15(22)16(14)23)17(24)21-12-7-5-11(9-19)6-8-12/h5-8,10,20H,1-4H3,(H,21,24). The molecule has 0 aliphatic heterocycles. The smallest absolute Gasteiger partial charge is 0.262 e. The predicted octanol–water partition coefficient (Wildman–Crippen LogP) is 2.25. The van der Waals surface area contributed by atoms with Gasteiger partial charge in [0, 0.05) is 11.7 Å². The average molecular weight is 325 g/mol. The molecular weight excluding hydrogens is 306 g/mol. The Hall–Kier alpha value is -2.94. The highest BCUT2D eigenvalue weighted by Crippen LogP contribution is 2.23. The molecule has 2 N–H and O–H groups in total. The quantitative estimate of drug-likeness (QED) is 0.840. The fraction of sp³-hybridized carbons (Fsp3) is 0.333. The number of anilines is 2. The Morgan fingerprint density at radius 1 is 1.12 bits per heavy atom. The minimum Gasteiger partial charge on any atom is -0.378 e. The van der Waals surface area contributed by atoms with Gasteiger partial charge >= 0.3 is 0 Å². The van der Waals surface area contributed by atoms with Gasteiger partial charge in [0.25, 0.3) is 11.3 Å². The zero-order valence-corrected chi connectivity index (χ0v) is 14.1. The molecule has 0 spiro atoms. The second kappa shape index (κ2) is 6.28. The zero-order valence-electron chi connectivity index (χ0n) is 14.1. The lowest BCUT2D eigenvalue weighted by Gasteiger charge is -2.29. The summed E-state index contributed by atoms with van der Waals surface area (Å²) in [5.41, 5.74) is -0.777. The van der Waals surface area contributed by atoms with Crippen molar-refractivity contribution in [3.8, 4) is 6.07 Å². The molecule has 0 aromatic heterocycles. The lowest BCUT2D eigenvalue weighted by Crippen LogP contribution is -2.45. The molecule has 0 saturated heterocycles. The lowest BCUT2D eigenvalue weighted by atomic mass is 9.87. The highest BCUT2D eigenvalue weighted by Gasteiger charge is 2.30. The largest absolute Gasteiger partial charge is 0.378 e. The molecule has 0 heterocycles. The molecule has 0 aliphatic rings. The van der Waals surface area contributed by atoms with Crippen molar-refractivity contribution in [2.45, 2.75) is 33.7 Å². The van der Waals surface area contributed by atoms with Gasteiger partial charge in [-0.1, -0.05) is 20.8 Å². The van der Waals surface area contributed by atoms with Crippen LogP contribution in [0.25, 0.3) is 0 Å². The summed E-state index contributed by atoms with van der Waals surface area (Å²) in [6, 6.07) is 8.12. The highest BCUT2D eigenvalue weighted by atomic mass is 16.2. The number of rotatable bonds is 4. The maximum atomic E-state index is 12.3. The molecule has 124 valence electrons. The monoisotopic (exact) mass is 325 g/mol. The minimum absolute atomic E-state index is 0.0635. The van der Waals surface area contributed by atoms with Crippen LogP contribution in [-0.2, 0) is 0 Å². The van der Waals surface area contributed by atoms with E-state index in [0.29, 0.717) is 11.3 Å². The number of benzene rings is 1. The normalized spacial score (nSPS) is 12.5. The van der Waals surface area contributed by atoms with Gasteiger partial charge < -0.3 is 10.6 Å². The van der Waals surface area contributed by atoms with Gasteiger partial charge in [0.15, 0.2) is 0 Å². The second-order valence-electron chi connectivity index (χ2n) is 6.78.